The van der Waals surface area contributed by atoms with Crippen LogP contribution in [0.3, 0.4) is 0 Å². The Labute approximate surface area is 125 Å². The maximum atomic E-state index is 5.73. The zero-order valence-electron chi connectivity index (χ0n) is 12.6. The van der Waals surface area contributed by atoms with Crippen molar-refractivity contribution in [2.45, 2.75) is 39.5 Å². The first kappa shape index (κ1) is 15.7. The molecule has 0 radical (unpaired) electrons. The van der Waals surface area contributed by atoms with E-state index in [1.807, 2.05) is 0 Å². The molecule has 20 heavy (non-hydrogen) atoms. The number of hydrogen-bond donors (Lipinski definition) is 1. The largest absolute Gasteiger partial charge is 0.378 e. The van der Waals surface area contributed by atoms with Crippen molar-refractivity contribution in [1.82, 2.24) is 10.3 Å². The van der Waals surface area contributed by atoms with Crippen molar-refractivity contribution in [1.29, 1.82) is 0 Å². The molecule has 1 unspecified atom stereocenters. The molecular formula is C14H25N3O2S. The van der Waals surface area contributed by atoms with Crippen LogP contribution in [0.4, 0.5) is 5.13 Å². The molecule has 1 aromatic rings. The fourth-order valence-corrected chi connectivity index (χ4v) is 3.34. The lowest BCUT2D eigenvalue weighted by atomic mass is 10.2. The molecule has 0 amide bonds. The Morgan fingerprint density at radius 2 is 2.35 bits per heavy atom. The van der Waals surface area contributed by atoms with E-state index >= 15 is 0 Å². The van der Waals surface area contributed by atoms with Crippen LogP contribution in [0.2, 0.25) is 0 Å². The number of thiazole rings is 1. The van der Waals surface area contributed by atoms with Crippen LogP contribution in [0.5, 0.6) is 0 Å². The summed E-state index contributed by atoms with van der Waals surface area (Å²) in [5.41, 5.74) is 1.06. The first-order chi connectivity index (χ1) is 9.78. The summed E-state index contributed by atoms with van der Waals surface area (Å²) in [6, 6.07) is 0. The number of methoxy groups -OCH3 is 1. The molecule has 2 heterocycles. The highest BCUT2D eigenvalue weighted by atomic mass is 32.1. The van der Waals surface area contributed by atoms with Gasteiger partial charge in [-0.1, -0.05) is 13.8 Å². The smallest absolute Gasteiger partial charge is 0.186 e. The molecule has 1 saturated heterocycles. The zero-order valence-corrected chi connectivity index (χ0v) is 13.5. The van der Waals surface area contributed by atoms with Gasteiger partial charge in [-0.05, 0) is 13.0 Å². The van der Waals surface area contributed by atoms with Gasteiger partial charge in [-0.2, -0.15) is 0 Å². The highest BCUT2D eigenvalue weighted by Gasteiger charge is 2.23. The molecule has 1 N–H and O–H groups in total. The second-order valence-electron chi connectivity index (χ2n) is 4.93. The van der Waals surface area contributed by atoms with Crippen molar-refractivity contribution in [3.63, 3.8) is 0 Å². The van der Waals surface area contributed by atoms with Gasteiger partial charge in [0.25, 0.3) is 0 Å². The van der Waals surface area contributed by atoms with Gasteiger partial charge < -0.3 is 19.7 Å². The Kier molecular flexibility index (Phi) is 6.22. The Hall–Kier alpha value is -0.690. The summed E-state index contributed by atoms with van der Waals surface area (Å²) < 4.78 is 11.0. The lowest BCUT2D eigenvalue weighted by molar-refractivity contribution is 0.0384. The quantitative estimate of drug-likeness (QED) is 0.834. The van der Waals surface area contributed by atoms with Gasteiger partial charge in [0.2, 0.25) is 0 Å². The number of aromatic nitrogens is 1. The predicted molar refractivity (Wildman–Crippen MR) is 82.5 cm³/mol. The first-order valence-corrected chi connectivity index (χ1v) is 8.14. The van der Waals surface area contributed by atoms with Crippen LogP contribution < -0.4 is 10.2 Å². The van der Waals surface area contributed by atoms with Gasteiger partial charge in [0, 0.05) is 31.6 Å². The van der Waals surface area contributed by atoms with Gasteiger partial charge in [-0.15, -0.1) is 11.3 Å². The van der Waals surface area contributed by atoms with Gasteiger partial charge in [-0.3, -0.25) is 0 Å². The summed E-state index contributed by atoms with van der Waals surface area (Å²) in [6.45, 7) is 9.37. The van der Waals surface area contributed by atoms with E-state index in [-0.39, 0.29) is 0 Å². The number of nitrogens with zero attached hydrogens (tertiary/aromatic N) is 2. The van der Waals surface area contributed by atoms with Gasteiger partial charge in [0.15, 0.2) is 5.13 Å². The molecule has 1 fully saturated rings. The molecule has 1 aliphatic rings. The fraction of sp³-hybridized carbons (Fsp3) is 0.786. The molecule has 0 aliphatic carbocycles. The molecule has 6 heteroatoms. The van der Waals surface area contributed by atoms with Crippen LogP contribution in [-0.2, 0) is 22.6 Å². The van der Waals surface area contributed by atoms with Crippen molar-refractivity contribution in [2.75, 3.05) is 38.3 Å². The molecule has 2 rings (SSSR count). The van der Waals surface area contributed by atoms with Crippen molar-refractivity contribution in [3.05, 3.63) is 10.6 Å². The Balaban J connectivity index is 2.10. The third kappa shape index (κ3) is 3.91. The summed E-state index contributed by atoms with van der Waals surface area (Å²) in [4.78, 5) is 8.39. The zero-order chi connectivity index (χ0) is 14.4. The number of hydrogen-bond acceptors (Lipinski definition) is 6. The molecule has 5 nitrogen and oxygen atoms in total. The average molecular weight is 299 g/mol. The van der Waals surface area contributed by atoms with Crippen molar-refractivity contribution in [3.8, 4) is 0 Å². The molecular weight excluding hydrogens is 274 g/mol. The van der Waals surface area contributed by atoms with E-state index in [9.17, 15) is 0 Å². The Bertz CT molecular complexity index is 411. The standard InChI is InChI=1S/C14H25N3O2S/c1-4-11-9-17(6-7-19-11)14-16-12(10-18-3)13(20-14)8-15-5-2/h11,15H,4-10H2,1-3H3. The van der Waals surface area contributed by atoms with Crippen LogP contribution in [0, 0.1) is 0 Å². The minimum Gasteiger partial charge on any atom is -0.378 e. The Morgan fingerprint density at radius 3 is 3.05 bits per heavy atom. The van der Waals surface area contributed by atoms with Crippen LogP contribution in [-0.4, -0.2) is 44.4 Å². The summed E-state index contributed by atoms with van der Waals surface area (Å²) >= 11 is 1.78. The summed E-state index contributed by atoms with van der Waals surface area (Å²) in [5.74, 6) is 0. The second kappa shape index (κ2) is 7.93. The van der Waals surface area contributed by atoms with E-state index in [4.69, 9.17) is 14.5 Å². The first-order valence-electron chi connectivity index (χ1n) is 7.33. The average Bonchev–Trinajstić information content (AvgIpc) is 2.89. The minimum absolute atomic E-state index is 0.329. The molecule has 1 atom stereocenters. The minimum atomic E-state index is 0.329. The van der Waals surface area contributed by atoms with Gasteiger partial charge >= 0.3 is 0 Å². The third-order valence-corrected chi connectivity index (χ3v) is 4.61. The van der Waals surface area contributed by atoms with E-state index in [0.717, 1.165) is 50.0 Å². The third-order valence-electron chi connectivity index (χ3n) is 3.45. The van der Waals surface area contributed by atoms with E-state index in [2.05, 4.69) is 24.1 Å². The predicted octanol–water partition coefficient (Wildman–Crippen LogP) is 2.01. The second-order valence-corrected chi connectivity index (χ2v) is 5.99. The molecule has 0 spiro atoms. The monoisotopic (exact) mass is 299 g/mol. The van der Waals surface area contributed by atoms with Crippen molar-refractivity contribution >= 4 is 16.5 Å². The highest BCUT2D eigenvalue weighted by Crippen LogP contribution is 2.28. The topological polar surface area (TPSA) is 46.6 Å². The summed E-state index contributed by atoms with van der Waals surface area (Å²) in [6.07, 6.45) is 1.38. The van der Waals surface area contributed by atoms with Crippen LogP contribution >= 0.6 is 11.3 Å². The molecule has 1 aliphatic heterocycles. The lowest BCUT2D eigenvalue weighted by Gasteiger charge is -2.32. The van der Waals surface area contributed by atoms with Crippen LogP contribution in [0.1, 0.15) is 30.8 Å². The number of nitrogens with one attached hydrogen (secondary N) is 1. The van der Waals surface area contributed by atoms with Crippen molar-refractivity contribution < 1.29 is 9.47 Å². The van der Waals surface area contributed by atoms with Gasteiger partial charge in [0.1, 0.15) is 0 Å². The summed E-state index contributed by atoms with van der Waals surface area (Å²) in [5, 5.41) is 4.47. The van der Waals surface area contributed by atoms with E-state index < -0.39 is 0 Å². The van der Waals surface area contributed by atoms with Crippen LogP contribution in [0.25, 0.3) is 0 Å². The Morgan fingerprint density at radius 1 is 1.50 bits per heavy atom. The van der Waals surface area contributed by atoms with E-state index in [1.54, 1.807) is 18.4 Å². The molecule has 0 bridgehead atoms. The van der Waals surface area contributed by atoms with E-state index in [1.165, 1.54) is 4.88 Å². The fourth-order valence-electron chi connectivity index (χ4n) is 2.27. The molecule has 0 saturated carbocycles. The molecule has 0 aromatic carbocycles. The molecule has 1 aromatic heterocycles. The summed E-state index contributed by atoms with van der Waals surface area (Å²) in [7, 11) is 1.72. The van der Waals surface area contributed by atoms with Crippen LogP contribution in [0.15, 0.2) is 0 Å². The maximum Gasteiger partial charge on any atom is 0.186 e. The number of morpholine rings is 1. The number of anilines is 1. The van der Waals surface area contributed by atoms with Gasteiger partial charge in [-0.25, -0.2) is 4.98 Å². The lowest BCUT2D eigenvalue weighted by Crippen LogP contribution is -2.42. The number of ether oxygens (including phenoxy) is 2. The molecule has 114 valence electrons. The van der Waals surface area contributed by atoms with Gasteiger partial charge in [0.05, 0.1) is 25.0 Å². The normalized spacial score (nSPS) is 19.6. The maximum absolute atomic E-state index is 5.73. The SMILES string of the molecule is CCNCc1sc(N2CCOC(CC)C2)nc1COC. The highest BCUT2D eigenvalue weighted by molar-refractivity contribution is 7.15. The number of rotatable bonds is 7. The van der Waals surface area contributed by atoms with Crippen molar-refractivity contribution in [2.24, 2.45) is 0 Å². The van der Waals surface area contributed by atoms with E-state index in [0.29, 0.717) is 12.7 Å².